The molecule has 4 heteroatoms. The van der Waals surface area contributed by atoms with E-state index < -0.39 is 0 Å². The number of aliphatic hydroxyl groups is 1. The number of nitrogens with one attached hydrogen (secondary N) is 1. The first-order chi connectivity index (χ1) is 7.12. The lowest BCUT2D eigenvalue weighted by molar-refractivity contribution is -0.0670. The molecule has 1 fully saturated rings. The molecule has 0 aromatic heterocycles. The highest BCUT2D eigenvalue weighted by Gasteiger charge is 2.36. The lowest BCUT2D eigenvalue weighted by Gasteiger charge is -2.43. The third-order valence-corrected chi connectivity index (χ3v) is 3.05. The Kier molecular flexibility index (Phi) is 4.99. The maximum atomic E-state index is 8.76. The smallest absolute Gasteiger partial charge is 0.0568 e. The van der Waals surface area contributed by atoms with Gasteiger partial charge in [0.2, 0.25) is 0 Å². The second-order valence-electron chi connectivity index (χ2n) is 4.65. The largest absolute Gasteiger partial charge is 0.396 e. The quantitative estimate of drug-likeness (QED) is 0.576. The lowest BCUT2D eigenvalue weighted by atomic mass is 9.84. The zero-order chi connectivity index (χ0) is 11.3. The third-order valence-electron chi connectivity index (χ3n) is 3.05. The average Bonchev–Trinajstić information content (AvgIpc) is 2.17. The van der Waals surface area contributed by atoms with Crippen molar-refractivity contribution >= 4 is 0 Å². The molecule has 0 aromatic rings. The van der Waals surface area contributed by atoms with Crippen LogP contribution in [0.15, 0.2) is 0 Å². The number of aliphatic hydroxyl groups excluding tert-OH is 1. The molecule has 1 saturated heterocycles. The van der Waals surface area contributed by atoms with Crippen molar-refractivity contribution < 1.29 is 9.84 Å². The van der Waals surface area contributed by atoms with Gasteiger partial charge >= 0.3 is 0 Å². The van der Waals surface area contributed by atoms with Gasteiger partial charge in [-0.15, -0.1) is 0 Å². The number of hydrogen-bond acceptors (Lipinski definition) is 4. The van der Waals surface area contributed by atoms with Gasteiger partial charge in [-0.1, -0.05) is 0 Å². The SMILES string of the molecule is CC1CC(CN)(NCCCO)CC(C)O1. The second kappa shape index (κ2) is 5.80. The monoisotopic (exact) mass is 216 g/mol. The Morgan fingerprint density at radius 2 is 2.00 bits per heavy atom. The van der Waals surface area contributed by atoms with Gasteiger partial charge in [-0.2, -0.15) is 0 Å². The van der Waals surface area contributed by atoms with E-state index in [0.29, 0.717) is 6.54 Å². The van der Waals surface area contributed by atoms with Crippen molar-refractivity contribution in [2.75, 3.05) is 19.7 Å². The van der Waals surface area contributed by atoms with Gasteiger partial charge in [-0.3, -0.25) is 0 Å². The summed E-state index contributed by atoms with van der Waals surface area (Å²) in [7, 11) is 0. The standard InChI is InChI=1S/C11H24N2O2/c1-9-6-11(8-12,7-10(2)15-9)13-4-3-5-14/h9-10,13-14H,3-8,12H2,1-2H3. The van der Waals surface area contributed by atoms with Crippen molar-refractivity contribution in [3.05, 3.63) is 0 Å². The number of ether oxygens (including phenoxy) is 1. The van der Waals surface area contributed by atoms with Crippen LogP contribution in [0.3, 0.4) is 0 Å². The molecule has 0 saturated carbocycles. The van der Waals surface area contributed by atoms with Gasteiger partial charge in [-0.25, -0.2) is 0 Å². The van der Waals surface area contributed by atoms with Gasteiger partial charge < -0.3 is 20.9 Å². The molecular weight excluding hydrogens is 192 g/mol. The highest BCUT2D eigenvalue weighted by atomic mass is 16.5. The summed E-state index contributed by atoms with van der Waals surface area (Å²) < 4.78 is 5.70. The Morgan fingerprint density at radius 3 is 2.47 bits per heavy atom. The van der Waals surface area contributed by atoms with Crippen LogP contribution in [0.25, 0.3) is 0 Å². The van der Waals surface area contributed by atoms with Crippen molar-refractivity contribution in [3.8, 4) is 0 Å². The topological polar surface area (TPSA) is 67.5 Å². The minimum absolute atomic E-state index is 0.00620. The molecule has 15 heavy (non-hydrogen) atoms. The molecular formula is C11H24N2O2. The molecule has 2 atom stereocenters. The van der Waals surface area contributed by atoms with Crippen LogP contribution in [0.1, 0.15) is 33.1 Å². The molecule has 90 valence electrons. The first-order valence-corrected chi connectivity index (χ1v) is 5.83. The Bertz CT molecular complexity index is 177. The van der Waals surface area contributed by atoms with Gasteiger partial charge in [0.1, 0.15) is 0 Å². The Balaban J connectivity index is 2.49. The molecule has 2 unspecified atom stereocenters. The van der Waals surface area contributed by atoms with Crippen LogP contribution in [0, 0.1) is 0 Å². The van der Waals surface area contributed by atoms with E-state index in [4.69, 9.17) is 15.6 Å². The summed E-state index contributed by atoms with van der Waals surface area (Å²) in [6.07, 6.45) is 3.22. The highest BCUT2D eigenvalue weighted by Crippen LogP contribution is 2.27. The van der Waals surface area contributed by atoms with Crippen molar-refractivity contribution in [2.45, 2.75) is 50.9 Å². The summed E-state index contributed by atoms with van der Waals surface area (Å²) in [4.78, 5) is 0. The maximum Gasteiger partial charge on any atom is 0.0568 e. The summed E-state index contributed by atoms with van der Waals surface area (Å²) in [5, 5.41) is 12.2. The second-order valence-corrected chi connectivity index (χ2v) is 4.65. The van der Waals surface area contributed by atoms with Crippen molar-refractivity contribution in [2.24, 2.45) is 5.73 Å². The Hall–Kier alpha value is -0.160. The fourth-order valence-electron chi connectivity index (χ4n) is 2.49. The van der Waals surface area contributed by atoms with Crippen LogP contribution >= 0.6 is 0 Å². The summed E-state index contributed by atoms with van der Waals surface area (Å²) in [6, 6.07) is 0. The van der Waals surface area contributed by atoms with E-state index in [1.165, 1.54) is 0 Å². The number of rotatable bonds is 5. The lowest BCUT2D eigenvalue weighted by Crippen LogP contribution is -2.58. The molecule has 0 amide bonds. The average molecular weight is 216 g/mol. The first-order valence-electron chi connectivity index (χ1n) is 5.83. The van der Waals surface area contributed by atoms with E-state index in [-0.39, 0.29) is 24.4 Å². The fourth-order valence-corrected chi connectivity index (χ4v) is 2.49. The summed E-state index contributed by atoms with van der Waals surface area (Å²) in [5.74, 6) is 0. The highest BCUT2D eigenvalue weighted by molar-refractivity contribution is 4.95. The first kappa shape index (κ1) is 12.9. The maximum absolute atomic E-state index is 8.76. The molecule has 1 rings (SSSR count). The van der Waals surface area contributed by atoms with E-state index in [1.807, 2.05) is 0 Å². The minimum atomic E-state index is 0.00620. The summed E-state index contributed by atoms with van der Waals surface area (Å²) in [6.45, 7) is 5.88. The van der Waals surface area contributed by atoms with Crippen LogP contribution < -0.4 is 11.1 Å². The van der Waals surface area contributed by atoms with E-state index in [0.717, 1.165) is 25.8 Å². The number of nitrogens with two attached hydrogens (primary N) is 1. The molecule has 0 radical (unpaired) electrons. The summed E-state index contributed by atoms with van der Waals surface area (Å²) >= 11 is 0. The summed E-state index contributed by atoms with van der Waals surface area (Å²) in [5.41, 5.74) is 5.87. The molecule has 0 aliphatic carbocycles. The third kappa shape index (κ3) is 3.72. The molecule has 1 aliphatic rings. The van der Waals surface area contributed by atoms with Gasteiger partial charge in [0.15, 0.2) is 0 Å². The fraction of sp³-hybridized carbons (Fsp3) is 1.00. The van der Waals surface area contributed by atoms with Gasteiger partial charge in [0.05, 0.1) is 12.2 Å². The molecule has 1 aliphatic heterocycles. The molecule has 4 N–H and O–H groups in total. The van der Waals surface area contributed by atoms with Crippen LogP contribution in [0.5, 0.6) is 0 Å². The molecule has 4 nitrogen and oxygen atoms in total. The van der Waals surface area contributed by atoms with E-state index in [1.54, 1.807) is 0 Å². The van der Waals surface area contributed by atoms with Gasteiger partial charge in [0.25, 0.3) is 0 Å². The van der Waals surface area contributed by atoms with Crippen molar-refractivity contribution in [1.29, 1.82) is 0 Å². The van der Waals surface area contributed by atoms with Gasteiger partial charge in [-0.05, 0) is 39.7 Å². The van der Waals surface area contributed by atoms with E-state index >= 15 is 0 Å². The zero-order valence-electron chi connectivity index (χ0n) is 9.83. The van der Waals surface area contributed by atoms with E-state index in [9.17, 15) is 0 Å². The molecule has 0 bridgehead atoms. The normalized spacial score (nSPS) is 36.8. The molecule has 1 heterocycles. The Labute approximate surface area is 92.2 Å². The Morgan fingerprint density at radius 1 is 1.40 bits per heavy atom. The van der Waals surface area contributed by atoms with Crippen LogP contribution in [-0.4, -0.2) is 42.5 Å². The molecule has 0 spiro atoms. The van der Waals surface area contributed by atoms with Crippen molar-refractivity contribution in [3.63, 3.8) is 0 Å². The van der Waals surface area contributed by atoms with Gasteiger partial charge in [0, 0.05) is 18.7 Å². The van der Waals surface area contributed by atoms with Crippen LogP contribution in [0.4, 0.5) is 0 Å². The molecule has 0 aromatic carbocycles. The van der Waals surface area contributed by atoms with Crippen molar-refractivity contribution in [1.82, 2.24) is 5.32 Å². The predicted molar refractivity (Wildman–Crippen MR) is 60.7 cm³/mol. The number of hydrogen-bond donors (Lipinski definition) is 3. The van der Waals surface area contributed by atoms with E-state index in [2.05, 4.69) is 19.2 Å². The zero-order valence-corrected chi connectivity index (χ0v) is 9.83. The predicted octanol–water partition coefficient (Wildman–Crippen LogP) is 0.243. The van der Waals surface area contributed by atoms with Crippen LogP contribution in [-0.2, 0) is 4.74 Å². The van der Waals surface area contributed by atoms with Crippen LogP contribution in [0.2, 0.25) is 0 Å². The minimum Gasteiger partial charge on any atom is -0.396 e.